The number of rotatable bonds is 9. The summed E-state index contributed by atoms with van der Waals surface area (Å²) in [6, 6.07) is 11.2. The van der Waals surface area contributed by atoms with Crippen LogP contribution in [0, 0.1) is 0 Å². The predicted molar refractivity (Wildman–Crippen MR) is 111 cm³/mol. The summed E-state index contributed by atoms with van der Waals surface area (Å²) in [6.45, 7) is -0.342. The summed E-state index contributed by atoms with van der Waals surface area (Å²) in [6.07, 6.45) is -3.46. The van der Waals surface area contributed by atoms with E-state index in [-0.39, 0.29) is 18.8 Å². The minimum Gasteiger partial charge on any atom is -0.492 e. The fourth-order valence-electron chi connectivity index (χ4n) is 3.09. The molecule has 0 radical (unpaired) electrons. The second-order valence-corrected chi connectivity index (χ2v) is 7.17. The third kappa shape index (κ3) is 5.58. The number of nitrogens with zero attached hydrogens (tertiary/aromatic N) is 4. The second-order valence-electron chi connectivity index (χ2n) is 7.17. The number of aromatic nitrogens is 4. The summed E-state index contributed by atoms with van der Waals surface area (Å²) in [7, 11) is 1.33. The lowest BCUT2D eigenvalue weighted by Gasteiger charge is -2.29. The second kappa shape index (κ2) is 9.86. The maximum Gasteiger partial charge on any atom is 0.424 e. The topological polar surface area (TPSA) is 111 Å². The fraction of sp³-hybridized carbons (Fsp3) is 0.333. The molecule has 12 heteroatoms. The average Bonchev–Trinajstić information content (AvgIpc) is 3.21. The largest absolute Gasteiger partial charge is 0.492 e. The summed E-state index contributed by atoms with van der Waals surface area (Å²) in [5.74, 6) is -0.782. The molecule has 0 saturated carbocycles. The van der Waals surface area contributed by atoms with Crippen molar-refractivity contribution in [3.8, 4) is 5.75 Å². The number of carbonyl (C=O) groups is 1. The van der Waals surface area contributed by atoms with Crippen molar-refractivity contribution < 1.29 is 27.8 Å². The van der Waals surface area contributed by atoms with Gasteiger partial charge in [0.05, 0.1) is 6.54 Å². The first-order valence-electron chi connectivity index (χ1n) is 9.93. The van der Waals surface area contributed by atoms with Gasteiger partial charge in [0.15, 0.2) is 0 Å². The van der Waals surface area contributed by atoms with E-state index in [0.29, 0.717) is 5.75 Å². The Bertz CT molecular complexity index is 1150. The number of ether oxygens (including phenoxy) is 1. The van der Waals surface area contributed by atoms with E-state index in [0.717, 1.165) is 21.5 Å². The lowest BCUT2D eigenvalue weighted by molar-refractivity contribution is -0.272. The zero-order valence-corrected chi connectivity index (χ0v) is 17.6. The molecule has 3 rings (SSSR count). The highest BCUT2D eigenvalue weighted by atomic mass is 19.4. The standard InChI is InChI=1S/C21H22F3N5O4/c1-28-12-11-26-19(28)20(32,21(22,23)24)9-10-25-18(31)16-7-8-17(30)29(27-16)13-14-33-15-5-3-2-4-6-15/h2-8,11-12,32H,9-10,13-14H2,1H3,(H,25,31). The van der Waals surface area contributed by atoms with Crippen molar-refractivity contribution in [2.75, 3.05) is 13.2 Å². The van der Waals surface area contributed by atoms with Crippen LogP contribution >= 0.6 is 0 Å². The quantitative estimate of drug-likeness (QED) is 0.497. The zero-order chi connectivity index (χ0) is 24.1. The van der Waals surface area contributed by atoms with Crippen LogP contribution in [-0.2, 0) is 19.2 Å². The molecule has 0 fully saturated rings. The van der Waals surface area contributed by atoms with Crippen LogP contribution in [0.5, 0.6) is 5.75 Å². The number of alkyl halides is 3. The van der Waals surface area contributed by atoms with Gasteiger partial charge >= 0.3 is 6.18 Å². The SMILES string of the molecule is Cn1ccnc1C(O)(CCNC(=O)c1ccc(=O)n(CCOc2ccccc2)n1)C(F)(F)F. The highest BCUT2D eigenvalue weighted by molar-refractivity contribution is 5.91. The molecule has 176 valence electrons. The molecule has 1 amide bonds. The number of para-hydroxylation sites is 1. The maximum absolute atomic E-state index is 13.6. The van der Waals surface area contributed by atoms with Crippen LogP contribution in [0.25, 0.3) is 0 Å². The van der Waals surface area contributed by atoms with E-state index in [1.54, 1.807) is 24.3 Å². The third-order valence-corrected chi connectivity index (χ3v) is 4.85. The van der Waals surface area contributed by atoms with Crippen molar-refractivity contribution in [1.29, 1.82) is 0 Å². The Labute approximate surface area is 186 Å². The molecule has 9 nitrogen and oxygen atoms in total. The summed E-state index contributed by atoms with van der Waals surface area (Å²) in [5.41, 5.74) is -3.88. The monoisotopic (exact) mass is 465 g/mol. The van der Waals surface area contributed by atoms with Gasteiger partial charge in [0.1, 0.15) is 23.9 Å². The highest BCUT2D eigenvalue weighted by Crippen LogP contribution is 2.40. The van der Waals surface area contributed by atoms with E-state index in [9.17, 15) is 27.9 Å². The van der Waals surface area contributed by atoms with Crippen molar-refractivity contribution in [3.63, 3.8) is 0 Å². The Morgan fingerprint density at radius 3 is 2.55 bits per heavy atom. The zero-order valence-electron chi connectivity index (χ0n) is 17.6. The third-order valence-electron chi connectivity index (χ3n) is 4.85. The Morgan fingerprint density at radius 1 is 1.18 bits per heavy atom. The normalized spacial score (nSPS) is 13.4. The number of aryl methyl sites for hydroxylation is 1. The molecule has 0 spiro atoms. The number of carbonyl (C=O) groups excluding carboxylic acids is 1. The van der Waals surface area contributed by atoms with E-state index in [1.165, 1.54) is 19.3 Å². The number of benzene rings is 1. The van der Waals surface area contributed by atoms with Crippen molar-refractivity contribution in [3.05, 3.63) is 76.7 Å². The van der Waals surface area contributed by atoms with E-state index in [4.69, 9.17) is 4.74 Å². The number of halogens is 3. The van der Waals surface area contributed by atoms with Crippen LogP contribution in [0.4, 0.5) is 13.2 Å². The van der Waals surface area contributed by atoms with Crippen molar-refractivity contribution in [2.45, 2.75) is 24.7 Å². The van der Waals surface area contributed by atoms with Gasteiger partial charge in [-0.1, -0.05) is 18.2 Å². The van der Waals surface area contributed by atoms with Gasteiger partial charge in [-0.05, 0) is 18.2 Å². The molecule has 2 aromatic heterocycles. The van der Waals surface area contributed by atoms with Gasteiger partial charge in [0, 0.05) is 38.5 Å². The number of amides is 1. The summed E-state index contributed by atoms with van der Waals surface area (Å²) in [4.78, 5) is 28.0. The van der Waals surface area contributed by atoms with Gasteiger partial charge in [0.2, 0.25) is 5.60 Å². The molecule has 1 unspecified atom stereocenters. The first-order valence-corrected chi connectivity index (χ1v) is 9.93. The Balaban J connectivity index is 1.62. The van der Waals surface area contributed by atoms with Gasteiger partial charge in [-0.2, -0.15) is 18.3 Å². The molecule has 0 aliphatic rings. The lowest BCUT2D eigenvalue weighted by Crippen LogP contribution is -2.46. The van der Waals surface area contributed by atoms with Crippen molar-refractivity contribution in [1.82, 2.24) is 24.6 Å². The van der Waals surface area contributed by atoms with Crippen molar-refractivity contribution >= 4 is 5.91 Å². The minimum absolute atomic E-state index is 0.0574. The van der Waals surface area contributed by atoms with Crippen LogP contribution < -0.4 is 15.6 Å². The first kappa shape index (κ1) is 24.0. The van der Waals surface area contributed by atoms with Crippen LogP contribution in [0.2, 0.25) is 0 Å². The van der Waals surface area contributed by atoms with Gasteiger partial charge < -0.3 is 19.7 Å². The molecule has 0 bridgehead atoms. The van der Waals surface area contributed by atoms with Gasteiger partial charge in [-0.15, -0.1) is 0 Å². The maximum atomic E-state index is 13.6. The molecule has 1 atom stereocenters. The molecule has 2 heterocycles. The van der Waals surface area contributed by atoms with Crippen LogP contribution in [0.15, 0.2) is 59.7 Å². The number of aliphatic hydroxyl groups is 1. The van der Waals surface area contributed by atoms with Crippen LogP contribution in [-0.4, -0.2) is 49.7 Å². The predicted octanol–water partition coefficient (Wildman–Crippen LogP) is 1.63. The molecule has 33 heavy (non-hydrogen) atoms. The van der Waals surface area contributed by atoms with Gasteiger partial charge in [0.25, 0.3) is 11.5 Å². The van der Waals surface area contributed by atoms with Crippen LogP contribution in [0.3, 0.4) is 0 Å². The molecule has 0 aliphatic heterocycles. The van der Waals surface area contributed by atoms with Crippen molar-refractivity contribution in [2.24, 2.45) is 7.05 Å². The lowest BCUT2D eigenvalue weighted by atomic mass is 9.97. The molecular weight excluding hydrogens is 443 g/mol. The average molecular weight is 465 g/mol. The number of hydrogen-bond donors (Lipinski definition) is 2. The molecular formula is C21H22F3N5O4. The highest BCUT2D eigenvalue weighted by Gasteiger charge is 2.57. The summed E-state index contributed by atoms with van der Waals surface area (Å²) >= 11 is 0. The molecule has 0 saturated heterocycles. The number of hydrogen-bond acceptors (Lipinski definition) is 6. The number of imidazole rings is 1. The minimum atomic E-state index is -5.01. The first-order chi connectivity index (χ1) is 15.6. The van der Waals surface area contributed by atoms with Crippen LogP contribution in [0.1, 0.15) is 22.7 Å². The summed E-state index contributed by atoms with van der Waals surface area (Å²) < 4.78 is 48.3. The fourth-order valence-corrected chi connectivity index (χ4v) is 3.09. The molecule has 0 aliphatic carbocycles. The van der Waals surface area contributed by atoms with E-state index >= 15 is 0 Å². The number of nitrogens with one attached hydrogen (secondary N) is 1. The Morgan fingerprint density at radius 2 is 1.91 bits per heavy atom. The van der Waals surface area contributed by atoms with E-state index in [1.807, 2.05) is 6.07 Å². The van der Waals surface area contributed by atoms with Gasteiger partial charge in [-0.25, -0.2) is 9.67 Å². The smallest absolute Gasteiger partial charge is 0.424 e. The molecule has 2 N–H and O–H groups in total. The van der Waals surface area contributed by atoms with Gasteiger partial charge in [-0.3, -0.25) is 9.59 Å². The van der Waals surface area contributed by atoms with E-state index in [2.05, 4.69) is 15.4 Å². The Hall–Kier alpha value is -3.67. The molecule has 1 aromatic carbocycles. The Kier molecular flexibility index (Phi) is 7.16. The summed E-state index contributed by atoms with van der Waals surface area (Å²) in [5, 5.41) is 16.5. The molecule has 3 aromatic rings. The van der Waals surface area contributed by atoms with E-state index < -0.39 is 42.0 Å².